The van der Waals surface area contributed by atoms with Crippen LogP contribution in [0.1, 0.15) is 11.6 Å². The maximum absolute atomic E-state index is 12.0. The molecular weight excluding hydrogens is 169 g/mol. The summed E-state index contributed by atoms with van der Waals surface area (Å²) in [6.07, 6.45) is -1.83. The van der Waals surface area contributed by atoms with Crippen LogP contribution in [0.5, 0.6) is 0 Å². The van der Waals surface area contributed by atoms with Crippen LogP contribution >= 0.6 is 0 Å². The second-order valence-electron chi connectivity index (χ2n) is 2.30. The fourth-order valence-corrected chi connectivity index (χ4v) is 0.760. The lowest BCUT2D eigenvalue weighted by molar-refractivity contribution is -0.149. The number of nitrogens with zero attached hydrogens (tertiary/aromatic N) is 1. The molecular formula is C7H7F3N2. The Morgan fingerprint density at radius 3 is 2.17 bits per heavy atom. The van der Waals surface area contributed by atoms with E-state index < -0.39 is 12.2 Å². The zero-order chi connectivity index (χ0) is 9.19. The van der Waals surface area contributed by atoms with E-state index in [9.17, 15) is 13.2 Å². The fourth-order valence-electron chi connectivity index (χ4n) is 0.760. The van der Waals surface area contributed by atoms with Crippen molar-refractivity contribution in [3.8, 4) is 0 Å². The second-order valence-corrected chi connectivity index (χ2v) is 2.30. The van der Waals surface area contributed by atoms with Gasteiger partial charge in [0.15, 0.2) is 0 Å². The first-order valence-electron chi connectivity index (χ1n) is 3.24. The standard InChI is InChI=1S/C7H7F3N2/c8-7(9,10)6(11)5-1-3-12-4-2-5/h1-4,6H,11H2/t6-/m0/s1. The maximum Gasteiger partial charge on any atom is 0.407 e. The van der Waals surface area contributed by atoms with Gasteiger partial charge in [-0.3, -0.25) is 4.98 Å². The van der Waals surface area contributed by atoms with Gasteiger partial charge in [0.25, 0.3) is 0 Å². The molecule has 0 aliphatic carbocycles. The van der Waals surface area contributed by atoms with Crippen molar-refractivity contribution in [1.82, 2.24) is 4.98 Å². The molecule has 5 heteroatoms. The predicted octanol–water partition coefficient (Wildman–Crippen LogP) is 1.64. The first-order valence-corrected chi connectivity index (χ1v) is 3.24. The first-order chi connectivity index (χ1) is 5.52. The minimum atomic E-state index is -4.39. The van der Waals surface area contributed by atoms with Gasteiger partial charge in [0.05, 0.1) is 0 Å². The third-order valence-corrected chi connectivity index (χ3v) is 1.42. The quantitative estimate of drug-likeness (QED) is 0.706. The Balaban J connectivity index is 2.86. The van der Waals surface area contributed by atoms with Crippen molar-refractivity contribution in [2.45, 2.75) is 12.2 Å². The third-order valence-electron chi connectivity index (χ3n) is 1.42. The number of alkyl halides is 3. The summed E-state index contributed by atoms with van der Waals surface area (Å²) in [6, 6.07) is 0.580. The molecule has 1 aromatic heterocycles. The molecule has 0 unspecified atom stereocenters. The Morgan fingerprint density at radius 1 is 1.25 bits per heavy atom. The number of rotatable bonds is 1. The van der Waals surface area contributed by atoms with E-state index in [1.54, 1.807) is 0 Å². The van der Waals surface area contributed by atoms with Crippen LogP contribution in [-0.2, 0) is 0 Å². The molecule has 1 atom stereocenters. The normalized spacial score (nSPS) is 14.3. The Bertz CT molecular complexity index is 245. The van der Waals surface area contributed by atoms with Crippen LogP contribution in [0.2, 0.25) is 0 Å². The van der Waals surface area contributed by atoms with Gasteiger partial charge in [-0.15, -0.1) is 0 Å². The molecule has 0 saturated heterocycles. The number of aromatic nitrogens is 1. The van der Waals surface area contributed by atoms with Gasteiger partial charge in [-0.2, -0.15) is 13.2 Å². The van der Waals surface area contributed by atoms with E-state index in [-0.39, 0.29) is 5.56 Å². The Labute approximate surface area is 67.2 Å². The van der Waals surface area contributed by atoms with Crippen LogP contribution in [0.4, 0.5) is 13.2 Å². The van der Waals surface area contributed by atoms with E-state index in [0.29, 0.717) is 0 Å². The molecule has 0 bridgehead atoms. The average Bonchev–Trinajstić information content (AvgIpc) is 2.03. The van der Waals surface area contributed by atoms with Crippen molar-refractivity contribution >= 4 is 0 Å². The van der Waals surface area contributed by atoms with Crippen molar-refractivity contribution in [2.24, 2.45) is 5.73 Å². The molecule has 1 heterocycles. The highest BCUT2D eigenvalue weighted by Crippen LogP contribution is 2.29. The average molecular weight is 176 g/mol. The van der Waals surface area contributed by atoms with Crippen molar-refractivity contribution < 1.29 is 13.2 Å². The summed E-state index contributed by atoms with van der Waals surface area (Å²) < 4.78 is 36.0. The molecule has 2 nitrogen and oxygen atoms in total. The lowest BCUT2D eigenvalue weighted by atomic mass is 10.1. The molecule has 0 amide bonds. The van der Waals surface area contributed by atoms with Gasteiger partial charge in [0.1, 0.15) is 6.04 Å². The molecule has 0 aliphatic heterocycles. The van der Waals surface area contributed by atoms with Crippen LogP contribution in [0, 0.1) is 0 Å². The smallest absolute Gasteiger partial charge is 0.316 e. The summed E-state index contributed by atoms with van der Waals surface area (Å²) in [6.45, 7) is 0. The van der Waals surface area contributed by atoms with Gasteiger partial charge >= 0.3 is 6.18 Å². The van der Waals surface area contributed by atoms with Crippen molar-refractivity contribution in [3.63, 3.8) is 0 Å². The van der Waals surface area contributed by atoms with Crippen LogP contribution in [-0.4, -0.2) is 11.2 Å². The molecule has 0 saturated carbocycles. The highest BCUT2D eigenvalue weighted by Gasteiger charge is 2.37. The second kappa shape index (κ2) is 3.10. The molecule has 0 fully saturated rings. The number of pyridine rings is 1. The summed E-state index contributed by atoms with van der Waals surface area (Å²) in [7, 11) is 0. The Kier molecular flexibility index (Phi) is 2.32. The molecule has 0 aliphatic rings. The minimum absolute atomic E-state index is 0.0255. The highest BCUT2D eigenvalue weighted by molar-refractivity contribution is 5.15. The molecule has 2 N–H and O–H groups in total. The third kappa shape index (κ3) is 1.94. The van der Waals surface area contributed by atoms with E-state index in [4.69, 9.17) is 5.73 Å². The fraction of sp³-hybridized carbons (Fsp3) is 0.286. The predicted molar refractivity (Wildman–Crippen MR) is 37.2 cm³/mol. The monoisotopic (exact) mass is 176 g/mol. The summed E-state index contributed by atoms with van der Waals surface area (Å²) in [5.74, 6) is 0. The number of halogens is 3. The minimum Gasteiger partial charge on any atom is -0.316 e. The SMILES string of the molecule is N[C@@H](c1ccncc1)C(F)(F)F. The van der Waals surface area contributed by atoms with E-state index in [1.807, 2.05) is 0 Å². The largest absolute Gasteiger partial charge is 0.407 e. The van der Waals surface area contributed by atoms with Gasteiger partial charge < -0.3 is 5.73 Å². The van der Waals surface area contributed by atoms with E-state index in [1.165, 1.54) is 24.5 Å². The Hall–Kier alpha value is -1.10. The topological polar surface area (TPSA) is 38.9 Å². The van der Waals surface area contributed by atoms with Gasteiger partial charge in [-0.25, -0.2) is 0 Å². The molecule has 12 heavy (non-hydrogen) atoms. The zero-order valence-electron chi connectivity index (χ0n) is 6.05. The summed E-state index contributed by atoms with van der Waals surface area (Å²) in [4.78, 5) is 3.59. The van der Waals surface area contributed by atoms with E-state index in [2.05, 4.69) is 4.98 Å². The molecule has 0 spiro atoms. The van der Waals surface area contributed by atoms with Gasteiger partial charge in [-0.1, -0.05) is 0 Å². The molecule has 0 radical (unpaired) electrons. The van der Waals surface area contributed by atoms with Crippen molar-refractivity contribution in [3.05, 3.63) is 30.1 Å². The van der Waals surface area contributed by atoms with E-state index in [0.717, 1.165) is 0 Å². The van der Waals surface area contributed by atoms with Crippen LogP contribution in [0.3, 0.4) is 0 Å². The first kappa shape index (κ1) is 8.99. The molecule has 1 aromatic rings. The van der Waals surface area contributed by atoms with Gasteiger partial charge in [-0.05, 0) is 17.7 Å². The van der Waals surface area contributed by atoms with Crippen LogP contribution < -0.4 is 5.73 Å². The number of hydrogen-bond donors (Lipinski definition) is 1. The molecule has 66 valence electrons. The maximum atomic E-state index is 12.0. The molecule has 1 rings (SSSR count). The van der Waals surface area contributed by atoms with E-state index >= 15 is 0 Å². The summed E-state index contributed by atoms with van der Waals surface area (Å²) in [5, 5.41) is 0. The van der Waals surface area contributed by atoms with Crippen molar-refractivity contribution in [2.75, 3.05) is 0 Å². The lowest BCUT2D eigenvalue weighted by Crippen LogP contribution is -2.28. The van der Waals surface area contributed by atoms with Gasteiger partial charge in [0, 0.05) is 12.4 Å². The number of nitrogens with two attached hydrogens (primary N) is 1. The highest BCUT2D eigenvalue weighted by atomic mass is 19.4. The number of hydrogen-bond acceptors (Lipinski definition) is 2. The molecule has 0 aromatic carbocycles. The van der Waals surface area contributed by atoms with Crippen molar-refractivity contribution in [1.29, 1.82) is 0 Å². The van der Waals surface area contributed by atoms with Gasteiger partial charge in [0.2, 0.25) is 0 Å². The zero-order valence-corrected chi connectivity index (χ0v) is 6.05. The lowest BCUT2D eigenvalue weighted by Gasteiger charge is -2.14. The Morgan fingerprint density at radius 2 is 1.75 bits per heavy atom. The summed E-state index contributed by atoms with van der Waals surface area (Å²) in [5.41, 5.74) is 4.94. The van der Waals surface area contributed by atoms with Crippen LogP contribution in [0.25, 0.3) is 0 Å². The summed E-state index contributed by atoms with van der Waals surface area (Å²) >= 11 is 0. The van der Waals surface area contributed by atoms with Crippen LogP contribution in [0.15, 0.2) is 24.5 Å².